The quantitative estimate of drug-likeness (QED) is 0.389. The smallest absolute Gasteiger partial charge is 0.136 e. The first kappa shape index (κ1) is 18.1. The van der Waals surface area contributed by atoms with Crippen LogP contribution in [-0.4, -0.2) is 24.4 Å². The van der Waals surface area contributed by atoms with E-state index in [0.29, 0.717) is 9.32 Å². The van der Waals surface area contributed by atoms with Gasteiger partial charge in [0.2, 0.25) is 0 Å². The molecule has 25 heavy (non-hydrogen) atoms. The van der Waals surface area contributed by atoms with E-state index in [0.717, 1.165) is 35.7 Å². The Hall–Kier alpha value is -1.67. The molecule has 0 aromatic heterocycles. The summed E-state index contributed by atoms with van der Waals surface area (Å²) in [6, 6.07) is 8.71. The molecular formula is C19H21FIN3O. The molecule has 1 aliphatic rings. The third-order valence-corrected chi connectivity index (χ3v) is 4.99. The van der Waals surface area contributed by atoms with Crippen LogP contribution < -0.4 is 10.2 Å². The lowest BCUT2D eigenvalue weighted by Crippen LogP contribution is -2.33. The first-order chi connectivity index (χ1) is 12.0. The van der Waals surface area contributed by atoms with Crippen LogP contribution in [0.2, 0.25) is 0 Å². The van der Waals surface area contributed by atoms with Gasteiger partial charge in [0.1, 0.15) is 23.7 Å². The van der Waals surface area contributed by atoms with Gasteiger partial charge < -0.3 is 10.2 Å². The fourth-order valence-electron chi connectivity index (χ4n) is 2.72. The minimum atomic E-state index is -0.240. The minimum Gasteiger partial charge on any atom is -0.457 e. The van der Waals surface area contributed by atoms with E-state index in [1.165, 1.54) is 18.9 Å². The number of nitrogens with one attached hydrogen (secondary N) is 1. The second-order valence-electron chi connectivity index (χ2n) is 6.16. The van der Waals surface area contributed by atoms with E-state index < -0.39 is 0 Å². The third-order valence-electron chi connectivity index (χ3n) is 4.16. The van der Waals surface area contributed by atoms with E-state index in [1.807, 2.05) is 48.6 Å². The summed E-state index contributed by atoms with van der Waals surface area (Å²) >= 11 is 1.96. The topological polar surface area (TPSA) is 36.9 Å². The van der Waals surface area contributed by atoms with Gasteiger partial charge in [0.25, 0.3) is 0 Å². The number of benzene rings is 2. The molecule has 3 rings (SSSR count). The van der Waals surface area contributed by atoms with Crippen LogP contribution in [0, 0.1) is 23.2 Å². The third kappa shape index (κ3) is 4.70. The molecule has 6 heteroatoms. The molecule has 0 bridgehead atoms. The monoisotopic (exact) mass is 453 g/mol. The second-order valence-corrected chi connectivity index (χ2v) is 7.33. The largest absolute Gasteiger partial charge is 0.457 e. The van der Waals surface area contributed by atoms with Crippen LogP contribution in [0.1, 0.15) is 24.0 Å². The molecular weight excluding hydrogens is 432 g/mol. The number of aryl methyl sites for hydroxylation is 2. The molecule has 1 saturated heterocycles. The average Bonchev–Trinajstić information content (AvgIpc) is 3.09. The van der Waals surface area contributed by atoms with Crippen molar-refractivity contribution < 1.29 is 9.13 Å². The zero-order valence-electron chi connectivity index (χ0n) is 14.4. The number of nitrogens with zero attached hydrogens (tertiary/aromatic N) is 2. The molecule has 0 unspecified atom stereocenters. The van der Waals surface area contributed by atoms with Gasteiger partial charge in [-0.15, -0.1) is 0 Å². The molecule has 0 spiro atoms. The molecule has 0 saturated carbocycles. The molecule has 0 aliphatic carbocycles. The second kappa shape index (κ2) is 8.14. The maximum absolute atomic E-state index is 13.4. The van der Waals surface area contributed by atoms with Crippen molar-refractivity contribution in [3.05, 3.63) is 50.8 Å². The Bertz CT molecular complexity index is 788. The van der Waals surface area contributed by atoms with Crippen LogP contribution >= 0.6 is 22.6 Å². The van der Waals surface area contributed by atoms with E-state index in [4.69, 9.17) is 4.74 Å². The standard InChI is InChI=1S/C19H21FIN3O/c1-13-10-19(25-15-5-6-16(20)17(21)11-15)14(2)9-18(13)22-12-23-24-7-3-4-8-24/h5-6,9-12H,3-4,7-8H2,1-2H3,(H,22,23). The predicted molar refractivity (Wildman–Crippen MR) is 107 cm³/mol. The number of hydrogen-bond donors (Lipinski definition) is 1. The molecule has 0 radical (unpaired) electrons. The Balaban J connectivity index is 1.72. The molecule has 132 valence electrons. The normalized spacial score (nSPS) is 15.0. The van der Waals surface area contributed by atoms with E-state index in [1.54, 1.807) is 18.5 Å². The molecule has 1 fully saturated rings. The molecule has 2 aromatic carbocycles. The average molecular weight is 453 g/mol. The summed E-state index contributed by atoms with van der Waals surface area (Å²) in [5.74, 6) is 1.14. The molecule has 1 aliphatic heterocycles. The highest BCUT2D eigenvalue weighted by molar-refractivity contribution is 14.1. The van der Waals surface area contributed by atoms with Crippen LogP contribution in [0.5, 0.6) is 11.5 Å². The number of hydrazine groups is 1. The van der Waals surface area contributed by atoms with Crippen LogP contribution in [-0.2, 0) is 0 Å². The molecule has 4 nitrogen and oxygen atoms in total. The van der Waals surface area contributed by atoms with Crippen molar-refractivity contribution in [2.75, 3.05) is 13.1 Å². The number of rotatable bonds is 5. The Kier molecular flexibility index (Phi) is 5.90. The van der Waals surface area contributed by atoms with Gasteiger partial charge in [-0.25, -0.2) is 14.4 Å². The van der Waals surface area contributed by atoms with E-state index >= 15 is 0 Å². The number of halogens is 2. The fraction of sp³-hybridized carbons (Fsp3) is 0.316. The maximum atomic E-state index is 13.4. The summed E-state index contributed by atoms with van der Waals surface area (Å²) in [6.07, 6.45) is 4.20. The predicted octanol–water partition coefficient (Wildman–Crippen LogP) is 5.10. The number of hydrogen-bond acceptors (Lipinski definition) is 3. The van der Waals surface area contributed by atoms with Gasteiger partial charge in [0.15, 0.2) is 0 Å². The fourth-order valence-corrected chi connectivity index (χ4v) is 3.20. The van der Waals surface area contributed by atoms with Gasteiger partial charge in [-0.2, -0.15) is 0 Å². The lowest BCUT2D eigenvalue weighted by atomic mass is 10.1. The zero-order valence-corrected chi connectivity index (χ0v) is 16.5. The van der Waals surface area contributed by atoms with Crippen molar-refractivity contribution in [2.45, 2.75) is 26.7 Å². The molecule has 1 N–H and O–H groups in total. The van der Waals surface area contributed by atoms with Gasteiger partial charge in [0.05, 0.1) is 9.26 Å². The van der Waals surface area contributed by atoms with E-state index in [9.17, 15) is 4.39 Å². The van der Waals surface area contributed by atoms with Gasteiger partial charge >= 0.3 is 0 Å². The SMILES string of the molecule is Cc1cc(Oc2ccc(F)c(I)c2)c(C)cc1/N=C/NN1CCCC1. The summed E-state index contributed by atoms with van der Waals surface area (Å²) in [4.78, 5) is 4.52. The van der Waals surface area contributed by atoms with E-state index in [2.05, 4.69) is 15.4 Å². The summed E-state index contributed by atoms with van der Waals surface area (Å²) in [5.41, 5.74) is 6.13. The van der Waals surface area contributed by atoms with Crippen molar-refractivity contribution in [3.8, 4) is 11.5 Å². The lowest BCUT2D eigenvalue weighted by molar-refractivity contribution is 0.300. The lowest BCUT2D eigenvalue weighted by Gasteiger charge is -2.14. The van der Waals surface area contributed by atoms with Crippen LogP contribution in [0.15, 0.2) is 35.3 Å². The first-order valence-corrected chi connectivity index (χ1v) is 9.38. The Labute approximate surface area is 161 Å². The summed E-state index contributed by atoms with van der Waals surface area (Å²) in [5, 5.41) is 2.17. The molecule has 0 amide bonds. The van der Waals surface area contributed by atoms with Gasteiger partial charge in [0, 0.05) is 13.1 Å². The molecule has 1 heterocycles. The highest BCUT2D eigenvalue weighted by atomic mass is 127. The van der Waals surface area contributed by atoms with Crippen LogP contribution in [0.3, 0.4) is 0 Å². The van der Waals surface area contributed by atoms with E-state index in [-0.39, 0.29) is 5.82 Å². The van der Waals surface area contributed by atoms with Gasteiger partial charge in [-0.3, -0.25) is 0 Å². The van der Waals surface area contributed by atoms with Crippen molar-refractivity contribution >= 4 is 34.6 Å². The highest BCUT2D eigenvalue weighted by Crippen LogP contribution is 2.32. The van der Waals surface area contributed by atoms with Crippen molar-refractivity contribution in [1.82, 2.24) is 10.4 Å². The highest BCUT2D eigenvalue weighted by Gasteiger charge is 2.10. The first-order valence-electron chi connectivity index (χ1n) is 8.31. The number of aliphatic imine (C=N–C) groups is 1. The summed E-state index contributed by atoms with van der Waals surface area (Å²) in [6.45, 7) is 6.11. The molecule has 2 aromatic rings. The van der Waals surface area contributed by atoms with Gasteiger partial charge in [-0.05, 0) is 90.7 Å². The van der Waals surface area contributed by atoms with Crippen molar-refractivity contribution in [3.63, 3.8) is 0 Å². The van der Waals surface area contributed by atoms with Crippen LogP contribution in [0.25, 0.3) is 0 Å². The van der Waals surface area contributed by atoms with Crippen LogP contribution in [0.4, 0.5) is 10.1 Å². The Morgan fingerprint density at radius 3 is 2.64 bits per heavy atom. The zero-order chi connectivity index (χ0) is 17.8. The Morgan fingerprint density at radius 2 is 1.92 bits per heavy atom. The van der Waals surface area contributed by atoms with Crippen molar-refractivity contribution in [1.29, 1.82) is 0 Å². The summed E-state index contributed by atoms with van der Waals surface area (Å²) < 4.78 is 19.8. The molecule has 0 atom stereocenters. The summed E-state index contributed by atoms with van der Waals surface area (Å²) in [7, 11) is 0. The van der Waals surface area contributed by atoms with Gasteiger partial charge in [-0.1, -0.05) is 0 Å². The minimum absolute atomic E-state index is 0.240. The Morgan fingerprint density at radius 1 is 1.16 bits per heavy atom. The van der Waals surface area contributed by atoms with Crippen molar-refractivity contribution in [2.24, 2.45) is 4.99 Å². The maximum Gasteiger partial charge on any atom is 0.136 e. The number of ether oxygens (including phenoxy) is 1.